The van der Waals surface area contributed by atoms with E-state index in [-0.39, 0.29) is 6.10 Å². The molecule has 4 heteroatoms. The van der Waals surface area contributed by atoms with Crippen molar-refractivity contribution in [2.24, 2.45) is 16.3 Å². The van der Waals surface area contributed by atoms with Crippen LogP contribution in [0.2, 0.25) is 0 Å². The smallest absolute Gasteiger partial charge is 0.193 e. The zero-order valence-electron chi connectivity index (χ0n) is 16.9. The highest BCUT2D eigenvalue weighted by Crippen LogP contribution is 2.34. The zero-order chi connectivity index (χ0) is 18.6. The third-order valence-electron chi connectivity index (χ3n) is 5.64. The van der Waals surface area contributed by atoms with E-state index >= 15 is 0 Å². The van der Waals surface area contributed by atoms with Crippen LogP contribution in [-0.4, -0.2) is 43.6 Å². The molecular weight excluding hydrogens is 322 g/mol. The number of hydrogen-bond acceptors (Lipinski definition) is 2. The van der Waals surface area contributed by atoms with Crippen LogP contribution in [0.3, 0.4) is 0 Å². The minimum absolute atomic E-state index is 0.172. The van der Waals surface area contributed by atoms with Crippen LogP contribution in [-0.2, 0) is 4.74 Å². The summed E-state index contributed by atoms with van der Waals surface area (Å²) in [6, 6.07) is 8.81. The highest BCUT2D eigenvalue weighted by atomic mass is 16.5. The molecule has 2 unspecified atom stereocenters. The fourth-order valence-corrected chi connectivity index (χ4v) is 4.08. The summed E-state index contributed by atoms with van der Waals surface area (Å²) in [5, 5.41) is 3.50. The van der Waals surface area contributed by atoms with Gasteiger partial charge in [0.05, 0.1) is 6.10 Å². The first-order valence-electron chi connectivity index (χ1n) is 10.2. The molecule has 1 N–H and O–H groups in total. The van der Waals surface area contributed by atoms with Crippen molar-refractivity contribution < 1.29 is 4.74 Å². The number of aryl methyl sites for hydroxylation is 1. The van der Waals surface area contributed by atoms with Gasteiger partial charge in [-0.15, -0.1) is 0 Å². The summed E-state index contributed by atoms with van der Waals surface area (Å²) in [5.74, 6) is 1.53. The second-order valence-electron chi connectivity index (χ2n) is 8.63. The van der Waals surface area contributed by atoms with Crippen molar-refractivity contribution in [3.05, 3.63) is 35.4 Å². The van der Waals surface area contributed by atoms with Gasteiger partial charge < -0.3 is 15.0 Å². The number of aliphatic imine (C=N–C) groups is 1. The maximum Gasteiger partial charge on any atom is 0.193 e. The van der Waals surface area contributed by atoms with Crippen molar-refractivity contribution >= 4 is 5.96 Å². The predicted octanol–water partition coefficient (Wildman–Crippen LogP) is 4.16. The van der Waals surface area contributed by atoms with Crippen molar-refractivity contribution in [2.75, 3.05) is 32.8 Å². The molecule has 2 atom stereocenters. The Morgan fingerprint density at radius 1 is 1.31 bits per heavy atom. The first kappa shape index (κ1) is 19.2. The first-order chi connectivity index (χ1) is 12.5. The van der Waals surface area contributed by atoms with Crippen LogP contribution in [0.25, 0.3) is 0 Å². The summed E-state index contributed by atoms with van der Waals surface area (Å²) < 4.78 is 6.16. The Bertz CT molecular complexity index is 608. The molecule has 2 saturated heterocycles. The Labute approximate surface area is 159 Å². The van der Waals surface area contributed by atoms with E-state index < -0.39 is 0 Å². The highest BCUT2D eigenvalue weighted by molar-refractivity contribution is 5.80. The highest BCUT2D eigenvalue weighted by Gasteiger charge is 2.32. The third kappa shape index (κ3) is 4.79. The van der Waals surface area contributed by atoms with Crippen LogP contribution < -0.4 is 5.32 Å². The van der Waals surface area contributed by atoms with Crippen molar-refractivity contribution in [2.45, 2.75) is 53.1 Å². The topological polar surface area (TPSA) is 36.9 Å². The van der Waals surface area contributed by atoms with Crippen LogP contribution in [0.15, 0.2) is 29.3 Å². The van der Waals surface area contributed by atoms with Crippen LogP contribution in [0.4, 0.5) is 0 Å². The van der Waals surface area contributed by atoms with Crippen LogP contribution in [0.5, 0.6) is 0 Å². The van der Waals surface area contributed by atoms with Gasteiger partial charge in [0, 0.05) is 38.7 Å². The van der Waals surface area contributed by atoms with Gasteiger partial charge in [-0.25, -0.2) is 0 Å². The van der Waals surface area contributed by atoms with E-state index in [1.165, 1.54) is 24.0 Å². The fraction of sp³-hybridized carbons (Fsp3) is 0.682. The number of nitrogens with zero attached hydrogens (tertiary/aromatic N) is 2. The van der Waals surface area contributed by atoms with E-state index in [1.54, 1.807) is 0 Å². The monoisotopic (exact) mass is 357 g/mol. The number of likely N-dealkylation sites (tertiary alicyclic amines) is 1. The lowest BCUT2D eigenvalue weighted by molar-refractivity contribution is -0.0250. The number of hydrogen-bond donors (Lipinski definition) is 1. The quantitative estimate of drug-likeness (QED) is 0.649. The van der Waals surface area contributed by atoms with Gasteiger partial charge in [-0.05, 0) is 44.1 Å². The Morgan fingerprint density at radius 2 is 2.08 bits per heavy atom. The molecule has 0 radical (unpaired) electrons. The molecule has 1 aromatic carbocycles. The fourth-order valence-electron chi connectivity index (χ4n) is 4.08. The normalized spacial score (nSPS) is 26.2. The van der Waals surface area contributed by atoms with Gasteiger partial charge in [-0.1, -0.05) is 43.7 Å². The molecule has 0 aromatic heterocycles. The summed E-state index contributed by atoms with van der Waals surface area (Å²) >= 11 is 0. The summed E-state index contributed by atoms with van der Waals surface area (Å²) in [4.78, 5) is 7.45. The molecular formula is C22H35N3O. The van der Waals surface area contributed by atoms with Gasteiger partial charge in [0.2, 0.25) is 0 Å². The summed E-state index contributed by atoms with van der Waals surface area (Å²) in [6.45, 7) is 13.8. The van der Waals surface area contributed by atoms with E-state index in [9.17, 15) is 0 Å². The molecule has 26 heavy (non-hydrogen) atoms. The molecule has 2 fully saturated rings. The number of rotatable bonds is 4. The minimum atomic E-state index is 0.172. The van der Waals surface area contributed by atoms with Crippen molar-refractivity contribution in [1.82, 2.24) is 10.2 Å². The van der Waals surface area contributed by atoms with E-state index in [0.29, 0.717) is 11.3 Å². The molecule has 0 bridgehead atoms. The first-order valence-corrected chi connectivity index (χ1v) is 10.2. The largest absolute Gasteiger partial charge is 0.373 e. The molecule has 0 saturated carbocycles. The van der Waals surface area contributed by atoms with Gasteiger partial charge in [-0.2, -0.15) is 0 Å². The average molecular weight is 358 g/mol. The lowest BCUT2D eigenvalue weighted by Crippen LogP contribution is -2.41. The van der Waals surface area contributed by atoms with E-state index in [1.807, 2.05) is 0 Å². The minimum Gasteiger partial charge on any atom is -0.373 e. The van der Waals surface area contributed by atoms with E-state index in [2.05, 4.69) is 62.2 Å². The maximum atomic E-state index is 6.16. The number of ether oxygens (including phenoxy) is 1. The van der Waals surface area contributed by atoms with Crippen LogP contribution in [0, 0.1) is 18.3 Å². The number of nitrogens with one attached hydrogen (secondary N) is 1. The molecule has 3 rings (SSSR count). The molecule has 2 heterocycles. The maximum absolute atomic E-state index is 6.16. The van der Waals surface area contributed by atoms with Gasteiger partial charge in [-0.3, -0.25) is 4.99 Å². The third-order valence-corrected chi connectivity index (χ3v) is 5.64. The summed E-state index contributed by atoms with van der Waals surface area (Å²) in [7, 11) is 0. The van der Waals surface area contributed by atoms with Gasteiger partial charge in [0.25, 0.3) is 0 Å². The molecule has 1 aromatic rings. The molecule has 4 nitrogen and oxygen atoms in total. The average Bonchev–Trinajstić information content (AvgIpc) is 2.99. The second kappa shape index (κ2) is 8.43. The molecule has 144 valence electrons. The van der Waals surface area contributed by atoms with E-state index in [0.717, 1.165) is 45.2 Å². The second-order valence-corrected chi connectivity index (χ2v) is 8.63. The molecule has 0 aliphatic carbocycles. The predicted molar refractivity (Wildman–Crippen MR) is 109 cm³/mol. The number of guanidine groups is 1. The SMILES string of the molecule is CCNC(=NCC1CCCOC1c1ccc(C)cc1)N1CCC(C)(C)C1. The molecule has 0 amide bonds. The van der Waals surface area contributed by atoms with Gasteiger partial charge in [0.1, 0.15) is 0 Å². The van der Waals surface area contributed by atoms with Crippen LogP contribution in [0.1, 0.15) is 57.3 Å². The van der Waals surface area contributed by atoms with Gasteiger partial charge in [0.15, 0.2) is 5.96 Å². The van der Waals surface area contributed by atoms with Crippen molar-refractivity contribution in [1.29, 1.82) is 0 Å². The molecule has 0 spiro atoms. The molecule has 2 aliphatic rings. The standard InChI is InChI=1S/C22H35N3O/c1-5-23-21(25-13-12-22(3,4)16-25)24-15-19-7-6-14-26-20(19)18-10-8-17(2)9-11-18/h8-11,19-20H,5-7,12-16H2,1-4H3,(H,23,24). The summed E-state index contributed by atoms with van der Waals surface area (Å²) in [6.07, 6.45) is 3.73. The van der Waals surface area contributed by atoms with E-state index in [4.69, 9.17) is 9.73 Å². The lowest BCUT2D eigenvalue weighted by atomic mass is 9.89. The lowest BCUT2D eigenvalue weighted by Gasteiger charge is -2.32. The van der Waals surface area contributed by atoms with Crippen molar-refractivity contribution in [3.63, 3.8) is 0 Å². The number of benzene rings is 1. The Hall–Kier alpha value is -1.55. The molecule has 2 aliphatic heterocycles. The Balaban J connectivity index is 1.71. The zero-order valence-corrected chi connectivity index (χ0v) is 16.9. The summed E-state index contributed by atoms with van der Waals surface area (Å²) in [5.41, 5.74) is 2.97. The Kier molecular flexibility index (Phi) is 6.23. The Morgan fingerprint density at radius 3 is 2.73 bits per heavy atom. The van der Waals surface area contributed by atoms with Crippen LogP contribution >= 0.6 is 0 Å². The van der Waals surface area contributed by atoms with Crippen molar-refractivity contribution in [3.8, 4) is 0 Å². The van der Waals surface area contributed by atoms with Gasteiger partial charge >= 0.3 is 0 Å².